The summed E-state index contributed by atoms with van der Waals surface area (Å²) in [6.07, 6.45) is 0.307. The molecule has 0 amide bonds. The molecule has 0 fully saturated rings. The number of hydrogen-bond acceptors (Lipinski definition) is 4. The Balaban J connectivity index is 2.34. The summed E-state index contributed by atoms with van der Waals surface area (Å²) < 4.78 is 55.7. The highest BCUT2D eigenvalue weighted by atomic mass is 35.5. The van der Waals surface area contributed by atoms with E-state index in [0.29, 0.717) is 0 Å². The van der Waals surface area contributed by atoms with Crippen LogP contribution in [0, 0.1) is 17.5 Å². The molecule has 0 radical (unpaired) electrons. The monoisotopic (exact) mass is 357 g/mol. The Morgan fingerprint density at radius 3 is 2.71 bits per heavy atom. The van der Waals surface area contributed by atoms with Gasteiger partial charge in [-0.2, -0.15) is 19.6 Å². The molecular weight excluding hydrogens is 350 g/mol. The molecule has 1 aromatic carbocycles. The lowest BCUT2D eigenvalue weighted by Crippen LogP contribution is -2.15. The molecule has 10 heteroatoms. The highest BCUT2D eigenvalue weighted by Gasteiger charge is 2.24. The van der Waals surface area contributed by atoms with E-state index in [1.165, 1.54) is 0 Å². The van der Waals surface area contributed by atoms with E-state index in [1.807, 2.05) is 0 Å². The van der Waals surface area contributed by atoms with Crippen LogP contribution in [0.25, 0.3) is 16.9 Å². The zero-order valence-electron chi connectivity index (χ0n) is 11.8. The number of nitrogens with one attached hydrogen (secondary N) is 1. The molecule has 0 bridgehead atoms. The Bertz CT molecular complexity index is 943. The van der Waals surface area contributed by atoms with Gasteiger partial charge in [-0.15, -0.1) is 0 Å². The normalized spacial score (nSPS) is 12.4. The van der Waals surface area contributed by atoms with Gasteiger partial charge in [0, 0.05) is 5.56 Å². The van der Waals surface area contributed by atoms with E-state index >= 15 is 0 Å². The molecule has 2 heterocycles. The fourth-order valence-electron chi connectivity index (χ4n) is 2.10. The van der Waals surface area contributed by atoms with Crippen molar-refractivity contribution in [3.8, 4) is 11.1 Å². The predicted molar refractivity (Wildman–Crippen MR) is 79.8 cm³/mol. The Morgan fingerprint density at radius 1 is 1.25 bits per heavy atom. The van der Waals surface area contributed by atoms with Crippen molar-refractivity contribution in [3.63, 3.8) is 0 Å². The summed E-state index contributed by atoms with van der Waals surface area (Å²) in [7, 11) is 0. The smallest absolute Gasteiger partial charge is 0.255 e. The van der Waals surface area contributed by atoms with Crippen LogP contribution in [0.15, 0.2) is 31.1 Å². The van der Waals surface area contributed by atoms with E-state index in [0.717, 1.165) is 29.1 Å². The first-order valence-electron chi connectivity index (χ1n) is 6.50. The third-order valence-electron chi connectivity index (χ3n) is 3.17. The Hall–Kier alpha value is -2.68. The molecule has 0 saturated carbocycles. The number of nitrogens with zero attached hydrogens (tertiary/aromatic N) is 4. The van der Waals surface area contributed by atoms with Crippen LogP contribution in [0.3, 0.4) is 0 Å². The van der Waals surface area contributed by atoms with E-state index in [-0.39, 0.29) is 22.3 Å². The third kappa shape index (κ3) is 2.56. The molecule has 2 aromatic heterocycles. The predicted octanol–water partition coefficient (Wildman–Crippen LogP) is 3.76. The zero-order valence-corrected chi connectivity index (χ0v) is 12.5. The number of halogens is 5. The summed E-state index contributed by atoms with van der Waals surface area (Å²) in [6.45, 7) is 3.28. The van der Waals surface area contributed by atoms with E-state index in [2.05, 4.69) is 27.0 Å². The van der Waals surface area contributed by atoms with Crippen LogP contribution in [0.4, 0.5) is 23.4 Å². The van der Waals surface area contributed by atoms with Crippen molar-refractivity contribution in [2.75, 3.05) is 5.32 Å². The van der Waals surface area contributed by atoms with Crippen LogP contribution in [0.2, 0.25) is 5.15 Å². The van der Waals surface area contributed by atoms with Crippen LogP contribution in [0.5, 0.6) is 0 Å². The number of fused-ring (bicyclic) bond motifs is 1. The third-order valence-corrected chi connectivity index (χ3v) is 3.44. The molecule has 1 unspecified atom stereocenters. The van der Waals surface area contributed by atoms with E-state index < -0.39 is 29.3 Å². The van der Waals surface area contributed by atoms with Crippen molar-refractivity contribution in [1.29, 1.82) is 0 Å². The van der Waals surface area contributed by atoms with Gasteiger partial charge in [-0.3, -0.25) is 0 Å². The molecule has 3 aromatic rings. The van der Waals surface area contributed by atoms with Crippen molar-refractivity contribution >= 4 is 23.2 Å². The van der Waals surface area contributed by atoms with Gasteiger partial charge in [0.2, 0.25) is 0 Å². The number of rotatable bonds is 4. The van der Waals surface area contributed by atoms with Crippen LogP contribution in [0.1, 0.15) is 0 Å². The highest BCUT2D eigenvalue weighted by molar-refractivity contribution is 6.33. The van der Waals surface area contributed by atoms with Crippen molar-refractivity contribution in [2.24, 2.45) is 0 Å². The Kier molecular flexibility index (Phi) is 4.10. The minimum Gasteiger partial charge on any atom is -0.337 e. The fourth-order valence-corrected chi connectivity index (χ4v) is 2.36. The second kappa shape index (κ2) is 6.08. The minimum atomic E-state index is -1.75. The molecule has 0 spiro atoms. The number of benzene rings is 1. The number of aromatic nitrogens is 4. The van der Waals surface area contributed by atoms with Gasteiger partial charge in [0.15, 0.2) is 23.7 Å². The van der Waals surface area contributed by atoms with Gasteiger partial charge in [0.05, 0.1) is 5.56 Å². The molecule has 1 atom stereocenters. The van der Waals surface area contributed by atoms with Crippen LogP contribution in [-0.2, 0) is 0 Å². The maximum atomic E-state index is 14.2. The van der Waals surface area contributed by atoms with E-state index in [1.54, 1.807) is 0 Å². The lowest BCUT2D eigenvalue weighted by atomic mass is 10.1. The topological polar surface area (TPSA) is 55.1 Å². The first-order chi connectivity index (χ1) is 11.4. The first-order valence-corrected chi connectivity index (χ1v) is 6.88. The summed E-state index contributed by atoms with van der Waals surface area (Å²) in [5, 5.41) is 5.90. The van der Waals surface area contributed by atoms with Gasteiger partial charge in [-0.05, 0) is 18.2 Å². The second-order valence-electron chi connectivity index (χ2n) is 4.60. The van der Waals surface area contributed by atoms with Gasteiger partial charge in [0.1, 0.15) is 17.3 Å². The van der Waals surface area contributed by atoms with E-state index in [4.69, 9.17) is 11.6 Å². The van der Waals surface area contributed by atoms with Crippen LogP contribution >= 0.6 is 11.6 Å². The largest absolute Gasteiger partial charge is 0.337 e. The summed E-state index contributed by atoms with van der Waals surface area (Å²) in [5.41, 5.74) is -0.613. The Labute approximate surface area is 137 Å². The molecule has 1 N–H and O–H groups in total. The van der Waals surface area contributed by atoms with Gasteiger partial charge < -0.3 is 5.32 Å². The molecule has 0 aliphatic carbocycles. The van der Waals surface area contributed by atoms with E-state index in [9.17, 15) is 17.6 Å². The molecule has 124 valence electrons. The summed E-state index contributed by atoms with van der Waals surface area (Å²) in [6, 6.07) is 1.69. The maximum absolute atomic E-state index is 14.2. The SMILES string of the molecule is C=CC(F)Nc1c(-c2ccc(F)c(F)c2F)c(Cl)nc2ncnn12. The number of alkyl halides is 1. The molecule has 0 aliphatic heterocycles. The standard InChI is InChI=1S/C14H8ClF4N5/c1-2-8(17)22-13-9(6-3-4-7(16)11(19)10(6)18)12(15)23-14-20-5-21-24(13)14/h2-5,8,22H,1H2. The minimum absolute atomic E-state index is 0.00510. The van der Waals surface area contributed by atoms with Crippen molar-refractivity contribution in [3.05, 3.63) is 53.7 Å². The molecule has 5 nitrogen and oxygen atoms in total. The van der Waals surface area contributed by atoms with Gasteiger partial charge >= 0.3 is 0 Å². The lowest BCUT2D eigenvalue weighted by Gasteiger charge is -2.16. The summed E-state index contributed by atoms with van der Waals surface area (Å²) >= 11 is 6.03. The van der Waals surface area contributed by atoms with Crippen LogP contribution < -0.4 is 5.32 Å². The average molecular weight is 358 g/mol. The highest BCUT2D eigenvalue weighted by Crippen LogP contribution is 2.37. The zero-order chi connectivity index (χ0) is 17.4. The van der Waals surface area contributed by atoms with Crippen molar-refractivity contribution in [2.45, 2.75) is 6.30 Å². The number of anilines is 1. The van der Waals surface area contributed by atoms with Crippen LogP contribution in [-0.4, -0.2) is 25.9 Å². The molecular formula is C14H8ClF4N5. The summed E-state index contributed by atoms with van der Waals surface area (Å²) in [5.74, 6) is -4.68. The molecule has 24 heavy (non-hydrogen) atoms. The molecule has 0 saturated heterocycles. The quantitative estimate of drug-likeness (QED) is 0.254. The van der Waals surface area contributed by atoms with Gasteiger partial charge in [0.25, 0.3) is 5.78 Å². The number of hydrogen-bond donors (Lipinski definition) is 1. The van der Waals surface area contributed by atoms with Gasteiger partial charge in [-0.1, -0.05) is 18.2 Å². The van der Waals surface area contributed by atoms with Gasteiger partial charge in [-0.25, -0.2) is 17.6 Å². The lowest BCUT2D eigenvalue weighted by molar-refractivity contribution is 0.439. The maximum Gasteiger partial charge on any atom is 0.255 e. The second-order valence-corrected chi connectivity index (χ2v) is 4.96. The average Bonchev–Trinajstić information content (AvgIpc) is 3.02. The van der Waals surface area contributed by atoms with Crippen molar-refractivity contribution in [1.82, 2.24) is 19.6 Å². The van der Waals surface area contributed by atoms with Crippen molar-refractivity contribution < 1.29 is 17.6 Å². The fraction of sp³-hybridized carbons (Fsp3) is 0.0714. The molecule has 0 aliphatic rings. The first kappa shape index (κ1) is 16.2. The molecule has 3 rings (SSSR count). The summed E-state index contributed by atoms with van der Waals surface area (Å²) in [4.78, 5) is 7.68. The Morgan fingerprint density at radius 2 is 2.00 bits per heavy atom.